The summed E-state index contributed by atoms with van der Waals surface area (Å²) in [7, 11) is 0. The lowest BCUT2D eigenvalue weighted by molar-refractivity contribution is -0.119. The second-order valence-corrected chi connectivity index (χ2v) is 7.56. The number of amides is 3. The van der Waals surface area contributed by atoms with Crippen molar-refractivity contribution in [3.8, 4) is 0 Å². The molecule has 27 heavy (non-hydrogen) atoms. The molecule has 1 unspecified atom stereocenters. The summed E-state index contributed by atoms with van der Waals surface area (Å²) in [4.78, 5) is 31.4. The number of rotatable bonds is 6. The highest BCUT2D eigenvalue weighted by atomic mass is 16.7. The summed E-state index contributed by atoms with van der Waals surface area (Å²) in [6.07, 6.45) is 4.03. The van der Waals surface area contributed by atoms with E-state index in [0.29, 0.717) is 25.4 Å². The average Bonchev–Trinajstić information content (AvgIpc) is 3.14. The van der Waals surface area contributed by atoms with Gasteiger partial charge in [0.2, 0.25) is 0 Å². The van der Waals surface area contributed by atoms with Gasteiger partial charge in [-0.05, 0) is 33.3 Å². The zero-order valence-corrected chi connectivity index (χ0v) is 16.1. The van der Waals surface area contributed by atoms with Gasteiger partial charge in [-0.2, -0.15) is 5.06 Å². The fourth-order valence-corrected chi connectivity index (χ4v) is 2.87. The molecule has 1 fully saturated rings. The Balaban J connectivity index is 1.62. The molecule has 2 aliphatic rings. The van der Waals surface area contributed by atoms with Crippen LogP contribution in [0.1, 0.15) is 39.8 Å². The standard InChI is InChI=1S/C17H26N6O4/c1-5-6-26-23-14-7-13(10-21(11-14)16(23)25)22-9-12(19-20-22)8-18-15(24)27-17(2,3)4/h7,9,14H,5-6,8,10-11H2,1-4H3,(H,18,24). The van der Waals surface area contributed by atoms with E-state index in [9.17, 15) is 9.59 Å². The Hall–Kier alpha value is -2.62. The first kappa shape index (κ1) is 19.2. The van der Waals surface area contributed by atoms with Crippen LogP contribution >= 0.6 is 0 Å². The highest BCUT2D eigenvalue weighted by molar-refractivity contribution is 5.80. The lowest BCUT2D eigenvalue weighted by Crippen LogP contribution is -2.33. The van der Waals surface area contributed by atoms with Gasteiger partial charge in [0.15, 0.2) is 0 Å². The van der Waals surface area contributed by atoms with Gasteiger partial charge in [0.25, 0.3) is 0 Å². The molecule has 0 aliphatic carbocycles. The van der Waals surface area contributed by atoms with Crippen LogP contribution in [0.3, 0.4) is 0 Å². The number of nitrogens with zero attached hydrogens (tertiary/aromatic N) is 5. The summed E-state index contributed by atoms with van der Waals surface area (Å²) >= 11 is 0. The minimum Gasteiger partial charge on any atom is -0.444 e. The van der Waals surface area contributed by atoms with E-state index in [-0.39, 0.29) is 18.6 Å². The molecule has 1 N–H and O–H groups in total. The second-order valence-electron chi connectivity index (χ2n) is 7.56. The molecule has 3 amide bonds. The predicted molar refractivity (Wildman–Crippen MR) is 96.2 cm³/mol. The van der Waals surface area contributed by atoms with Crippen LogP contribution in [0.15, 0.2) is 12.3 Å². The number of fused-ring (bicyclic) bond motifs is 2. The third-order valence-corrected chi connectivity index (χ3v) is 3.99. The molecule has 148 valence electrons. The topological polar surface area (TPSA) is 102 Å². The fourth-order valence-electron chi connectivity index (χ4n) is 2.87. The summed E-state index contributed by atoms with van der Waals surface area (Å²) in [5, 5.41) is 12.3. The predicted octanol–water partition coefficient (Wildman–Crippen LogP) is 1.61. The monoisotopic (exact) mass is 378 g/mol. The van der Waals surface area contributed by atoms with Crippen LogP contribution in [-0.4, -0.2) is 68.4 Å². The molecule has 0 spiro atoms. The van der Waals surface area contributed by atoms with Gasteiger partial charge in [-0.15, -0.1) is 5.10 Å². The van der Waals surface area contributed by atoms with E-state index in [1.165, 1.54) is 5.06 Å². The molecule has 0 aromatic carbocycles. The maximum atomic E-state index is 12.4. The van der Waals surface area contributed by atoms with Gasteiger partial charge in [0, 0.05) is 6.54 Å². The fraction of sp³-hybridized carbons (Fsp3) is 0.647. The van der Waals surface area contributed by atoms with E-state index < -0.39 is 11.7 Å². The van der Waals surface area contributed by atoms with E-state index in [0.717, 1.165) is 12.1 Å². The number of ether oxygens (including phenoxy) is 1. The number of urea groups is 1. The zero-order chi connectivity index (χ0) is 19.6. The van der Waals surface area contributed by atoms with Gasteiger partial charge in [-0.1, -0.05) is 12.1 Å². The Labute approximate surface area is 158 Å². The van der Waals surface area contributed by atoms with Crippen LogP contribution in [-0.2, 0) is 16.1 Å². The first-order valence-electron chi connectivity index (χ1n) is 9.07. The van der Waals surface area contributed by atoms with Crippen molar-refractivity contribution >= 4 is 17.8 Å². The van der Waals surface area contributed by atoms with E-state index >= 15 is 0 Å². The van der Waals surface area contributed by atoms with Crippen LogP contribution in [0.4, 0.5) is 9.59 Å². The molecule has 3 rings (SSSR count). The van der Waals surface area contributed by atoms with Crippen molar-refractivity contribution in [3.63, 3.8) is 0 Å². The third-order valence-electron chi connectivity index (χ3n) is 3.99. The smallest absolute Gasteiger partial charge is 0.407 e. The first-order chi connectivity index (χ1) is 12.8. The minimum absolute atomic E-state index is 0.133. The first-order valence-corrected chi connectivity index (χ1v) is 9.07. The summed E-state index contributed by atoms with van der Waals surface area (Å²) in [6, 6.07) is -0.271. The van der Waals surface area contributed by atoms with Gasteiger partial charge in [0.1, 0.15) is 11.3 Å². The van der Waals surface area contributed by atoms with Crippen molar-refractivity contribution in [1.82, 2.24) is 30.3 Å². The molecular formula is C17H26N6O4. The largest absolute Gasteiger partial charge is 0.444 e. The van der Waals surface area contributed by atoms with E-state index in [2.05, 4.69) is 15.6 Å². The number of carbonyl (C=O) groups is 2. The summed E-state index contributed by atoms with van der Waals surface area (Å²) in [5.74, 6) is 0. The Bertz CT molecular complexity index is 738. The number of carbonyl (C=O) groups excluding carboxylic acids is 2. The van der Waals surface area contributed by atoms with Crippen molar-refractivity contribution in [2.24, 2.45) is 0 Å². The quantitative estimate of drug-likeness (QED) is 0.807. The summed E-state index contributed by atoms with van der Waals surface area (Å²) < 4.78 is 6.82. The lowest BCUT2D eigenvalue weighted by atomic mass is 10.2. The van der Waals surface area contributed by atoms with Crippen molar-refractivity contribution in [1.29, 1.82) is 0 Å². The van der Waals surface area contributed by atoms with Crippen LogP contribution in [0.25, 0.3) is 5.70 Å². The van der Waals surface area contributed by atoms with Crippen LogP contribution in [0.5, 0.6) is 0 Å². The number of nitrogens with one attached hydrogen (secondary N) is 1. The van der Waals surface area contributed by atoms with E-state index in [1.807, 2.05) is 13.0 Å². The van der Waals surface area contributed by atoms with Gasteiger partial charge in [0.05, 0.1) is 37.6 Å². The highest BCUT2D eigenvalue weighted by Crippen LogP contribution is 2.26. The molecule has 0 saturated carbocycles. The number of hydrogen-bond donors (Lipinski definition) is 1. The number of hydroxylamine groups is 2. The molecule has 1 atom stereocenters. The Kier molecular flexibility index (Phi) is 5.36. The number of hydrogen-bond acceptors (Lipinski definition) is 6. The SMILES string of the molecule is CCCON1C(=O)N2CC(n3cc(CNC(=O)OC(C)(C)C)nn3)=CC1C2. The molecule has 0 radical (unpaired) electrons. The van der Waals surface area contributed by atoms with Crippen LogP contribution < -0.4 is 5.32 Å². The van der Waals surface area contributed by atoms with Gasteiger partial charge < -0.3 is 15.0 Å². The maximum absolute atomic E-state index is 12.4. The van der Waals surface area contributed by atoms with Crippen LogP contribution in [0, 0.1) is 0 Å². The van der Waals surface area contributed by atoms with Crippen molar-refractivity contribution in [3.05, 3.63) is 18.0 Å². The summed E-state index contributed by atoms with van der Waals surface area (Å²) in [5.41, 5.74) is 0.888. The van der Waals surface area contributed by atoms with E-state index in [4.69, 9.17) is 9.57 Å². The van der Waals surface area contributed by atoms with Crippen molar-refractivity contribution < 1.29 is 19.2 Å². The average molecular weight is 378 g/mol. The van der Waals surface area contributed by atoms with Crippen molar-refractivity contribution in [2.45, 2.75) is 52.3 Å². The van der Waals surface area contributed by atoms with Crippen molar-refractivity contribution in [2.75, 3.05) is 19.7 Å². The lowest BCUT2D eigenvalue weighted by Gasteiger charge is -2.21. The van der Waals surface area contributed by atoms with Gasteiger partial charge in [-0.25, -0.2) is 14.3 Å². The molecule has 2 aliphatic heterocycles. The normalized spacial score (nSPS) is 19.3. The molecule has 3 heterocycles. The highest BCUT2D eigenvalue weighted by Gasteiger charge is 2.41. The number of aromatic nitrogens is 3. The molecule has 1 aromatic heterocycles. The molecule has 1 saturated heterocycles. The summed E-state index contributed by atoms with van der Waals surface area (Å²) in [6.45, 7) is 9.15. The molecular weight excluding hydrogens is 352 g/mol. The van der Waals surface area contributed by atoms with Gasteiger partial charge in [-0.3, -0.25) is 4.84 Å². The second kappa shape index (κ2) is 7.55. The minimum atomic E-state index is -0.555. The maximum Gasteiger partial charge on any atom is 0.407 e. The Morgan fingerprint density at radius 1 is 1.41 bits per heavy atom. The Morgan fingerprint density at radius 3 is 2.89 bits per heavy atom. The van der Waals surface area contributed by atoms with Crippen LogP contribution in [0.2, 0.25) is 0 Å². The van der Waals surface area contributed by atoms with E-state index in [1.54, 1.807) is 36.5 Å². The zero-order valence-electron chi connectivity index (χ0n) is 16.1. The molecule has 2 bridgehead atoms. The molecule has 1 aromatic rings. The molecule has 10 heteroatoms. The number of alkyl carbamates (subject to hydrolysis) is 1. The van der Waals surface area contributed by atoms with Gasteiger partial charge >= 0.3 is 12.1 Å². The Morgan fingerprint density at radius 2 is 2.19 bits per heavy atom. The molecule has 10 nitrogen and oxygen atoms in total. The third kappa shape index (κ3) is 4.57.